The van der Waals surface area contributed by atoms with Crippen LogP contribution in [0.4, 0.5) is 11.4 Å². The van der Waals surface area contributed by atoms with Crippen LogP contribution >= 0.6 is 15.9 Å². The molecule has 1 aliphatic heterocycles. The third kappa shape index (κ3) is 3.70. The number of benzene rings is 5. The van der Waals surface area contributed by atoms with Crippen molar-refractivity contribution >= 4 is 56.0 Å². The van der Waals surface area contributed by atoms with Crippen LogP contribution < -0.4 is 4.90 Å². The molecule has 1 saturated carbocycles. The Morgan fingerprint density at radius 1 is 0.596 bits per heavy atom. The number of hydrogen-bond acceptors (Lipinski definition) is 5. The molecule has 5 aromatic rings. The van der Waals surface area contributed by atoms with Gasteiger partial charge in [-0.2, -0.15) is 0 Å². The molecule has 0 N–H and O–H groups in total. The van der Waals surface area contributed by atoms with Crippen LogP contribution in [0.1, 0.15) is 22.3 Å². The van der Waals surface area contributed by atoms with Gasteiger partial charge in [-0.3, -0.25) is 24.5 Å². The summed E-state index contributed by atoms with van der Waals surface area (Å²) in [6.07, 6.45) is 0. The Hall–Kier alpha value is -5.47. The SMILES string of the molecule is O=C1C2C(C(=O)N1c1ccc(Br)cc1[N+](=O)[O-])C1(c3ccccc3)C(=O)C2(c2ccccc2)C(c2ccccc2)=C1c1ccccc1. The van der Waals surface area contributed by atoms with E-state index in [0.717, 1.165) is 16.0 Å². The first-order chi connectivity index (χ1) is 22.8. The van der Waals surface area contributed by atoms with Gasteiger partial charge < -0.3 is 0 Å². The van der Waals surface area contributed by atoms with Crippen LogP contribution in [0.25, 0.3) is 11.1 Å². The highest BCUT2D eigenvalue weighted by Crippen LogP contribution is 2.74. The molecule has 8 rings (SSSR count). The number of allylic oxidation sites excluding steroid dienone is 2. The standard InChI is InChI=1S/C39H25BrN2O5/c40-28-21-22-29(30(23-28)42(46)47)41-35(43)33-34(36(41)44)39(27-19-11-4-12-20-27)32(25-15-7-2-8-16-25)31(24-13-5-1-6-14-24)38(33,37(39)45)26-17-9-3-10-18-26/h1-23,33-34H. The maximum atomic E-state index is 15.9. The van der Waals surface area contributed by atoms with E-state index in [4.69, 9.17) is 0 Å². The molecule has 0 radical (unpaired) electrons. The molecule has 7 nitrogen and oxygen atoms in total. The molecule has 5 aromatic carbocycles. The Bertz CT molecular complexity index is 2030. The molecular weight excluding hydrogens is 656 g/mol. The highest BCUT2D eigenvalue weighted by atomic mass is 79.9. The van der Waals surface area contributed by atoms with E-state index in [1.165, 1.54) is 12.1 Å². The highest BCUT2D eigenvalue weighted by Gasteiger charge is 2.83. The lowest BCUT2D eigenvalue weighted by Crippen LogP contribution is -2.45. The first-order valence-corrected chi connectivity index (χ1v) is 16.0. The number of amides is 2. The van der Waals surface area contributed by atoms with Crippen LogP contribution in [0.2, 0.25) is 0 Å². The van der Waals surface area contributed by atoms with Crippen LogP contribution in [0.5, 0.6) is 0 Å². The van der Waals surface area contributed by atoms with Crippen molar-refractivity contribution in [1.29, 1.82) is 0 Å². The lowest BCUT2D eigenvalue weighted by molar-refractivity contribution is -0.384. The smallest absolute Gasteiger partial charge is 0.294 e. The fourth-order valence-electron chi connectivity index (χ4n) is 8.40. The summed E-state index contributed by atoms with van der Waals surface area (Å²) in [5, 5.41) is 12.3. The average molecular weight is 682 g/mol. The molecule has 2 bridgehead atoms. The van der Waals surface area contributed by atoms with E-state index in [0.29, 0.717) is 26.7 Å². The van der Waals surface area contributed by atoms with Crippen molar-refractivity contribution < 1.29 is 19.3 Å². The molecule has 1 saturated heterocycles. The van der Waals surface area contributed by atoms with Gasteiger partial charge in [0.1, 0.15) is 5.69 Å². The fraction of sp³-hybridized carbons (Fsp3) is 0.103. The van der Waals surface area contributed by atoms with Crippen LogP contribution in [-0.4, -0.2) is 22.5 Å². The minimum absolute atomic E-state index is 0.122. The van der Waals surface area contributed by atoms with Gasteiger partial charge in [0.25, 0.3) is 5.69 Å². The first-order valence-electron chi connectivity index (χ1n) is 15.2. The fourth-order valence-corrected chi connectivity index (χ4v) is 8.75. The highest BCUT2D eigenvalue weighted by molar-refractivity contribution is 9.10. The largest absolute Gasteiger partial charge is 0.297 e. The van der Waals surface area contributed by atoms with Gasteiger partial charge in [0.2, 0.25) is 11.8 Å². The van der Waals surface area contributed by atoms with E-state index < -0.39 is 39.4 Å². The Morgan fingerprint density at radius 2 is 1.00 bits per heavy atom. The van der Waals surface area contributed by atoms with Gasteiger partial charge in [-0.25, -0.2) is 4.90 Å². The number of carbonyl (C=O) groups excluding carboxylic acids is 3. The number of imide groups is 1. The summed E-state index contributed by atoms with van der Waals surface area (Å²) in [5.74, 6) is -3.87. The van der Waals surface area contributed by atoms with Crippen LogP contribution in [0.3, 0.4) is 0 Å². The third-order valence-corrected chi connectivity index (χ3v) is 10.4. The number of fused-ring (bicyclic) bond motifs is 5. The van der Waals surface area contributed by atoms with Crippen molar-refractivity contribution in [1.82, 2.24) is 0 Å². The molecule has 4 unspecified atom stereocenters. The number of halogens is 1. The number of ketones is 1. The first kappa shape index (κ1) is 29.0. The third-order valence-electron chi connectivity index (χ3n) is 9.95. The molecule has 0 aromatic heterocycles. The van der Waals surface area contributed by atoms with E-state index in [9.17, 15) is 10.1 Å². The second-order valence-electron chi connectivity index (χ2n) is 12.0. The molecule has 4 atom stereocenters. The molecule has 228 valence electrons. The Kier molecular flexibility index (Phi) is 6.49. The topological polar surface area (TPSA) is 97.6 Å². The lowest BCUT2D eigenvalue weighted by Gasteiger charge is -2.39. The summed E-state index contributed by atoms with van der Waals surface area (Å²) >= 11 is 3.29. The predicted octanol–water partition coefficient (Wildman–Crippen LogP) is 7.55. The maximum Gasteiger partial charge on any atom is 0.294 e. The molecule has 2 fully saturated rings. The van der Waals surface area contributed by atoms with E-state index in [1.54, 1.807) is 6.07 Å². The molecular formula is C39H25BrN2O5. The van der Waals surface area contributed by atoms with Crippen molar-refractivity contribution in [2.75, 3.05) is 4.90 Å². The second kappa shape index (κ2) is 10.5. The molecule has 3 aliphatic rings. The second-order valence-corrected chi connectivity index (χ2v) is 12.9. The van der Waals surface area contributed by atoms with Gasteiger partial charge in [-0.05, 0) is 45.5 Å². The van der Waals surface area contributed by atoms with Gasteiger partial charge >= 0.3 is 0 Å². The van der Waals surface area contributed by atoms with Crippen molar-refractivity contribution in [2.24, 2.45) is 11.8 Å². The van der Waals surface area contributed by atoms with Crippen LogP contribution in [0.15, 0.2) is 144 Å². The van der Waals surface area contributed by atoms with Crippen LogP contribution in [0, 0.1) is 22.0 Å². The zero-order chi connectivity index (χ0) is 32.5. The summed E-state index contributed by atoms with van der Waals surface area (Å²) < 4.78 is 0.434. The van der Waals surface area contributed by atoms with Crippen molar-refractivity contribution in [2.45, 2.75) is 10.8 Å². The van der Waals surface area contributed by atoms with Crippen molar-refractivity contribution in [3.63, 3.8) is 0 Å². The molecule has 0 spiro atoms. The zero-order valence-electron chi connectivity index (χ0n) is 24.7. The number of nitro groups is 1. The summed E-state index contributed by atoms with van der Waals surface area (Å²) in [6.45, 7) is 0. The number of rotatable bonds is 6. The lowest BCUT2D eigenvalue weighted by atomic mass is 9.59. The number of Topliss-reactive ketones (excluding diaryl/α,β-unsaturated/α-hetero) is 1. The van der Waals surface area contributed by atoms with Gasteiger partial charge in [0, 0.05) is 10.5 Å². The summed E-state index contributed by atoms with van der Waals surface area (Å²) in [4.78, 5) is 58.6. The molecule has 47 heavy (non-hydrogen) atoms. The summed E-state index contributed by atoms with van der Waals surface area (Å²) in [6, 6.07) is 41.8. The molecule has 2 aliphatic carbocycles. The molecule has 2 amide bonds. The Balaban J connectivity index is 1.55. The summed E-state index contributed by atoms with van der Waals surface area (Å²) in [5.41, 5.74) is 0.357. The van der Waals surface area contributed by atoms with E-state index >= 15 is 14.4 Å². The Morgan fingerprint density at radius 3 is 1.40 bits per heavy atom. The van der Waals surface area contributed by atoms with E-state index in [-0.39, 0.29) is 17.2 Å². The van der Waals surface area contributed by atoms with E-state index in [1.807, 2.05) is 121 Å². The van der Waals surface area contributed by atoms with Gasteiger partial charge in [0.05, 0.1) is 27.6 Å². The molecule has 8 heteroatoms. The predicted molar refractivity (Wildman–Crippen MR) is 181 cm³/mol. The quantitative estimate of drug-likeness (QED) is 0.105. The van der Waals surface area contributed by atoms with Crippen molar-refractivity contribution in [3.8, 4) is 0 Å². The van der Waals surface area contributed by atoms with Gasteiger partial charge in [-0.1, -0.05) is 137 Å². The minimum atomic E-state index is -1.58. The van der Waals surface area contributed by atoms with Gasteiger partial charge in [-0.15, -0.1) is 0 Å². The molecule has 1 heterocycles. The number of nitro benzene ring substituents is 1. The number of anilines is 1. The number of nitrogens with zero attached hydrogens (tertiary/aromatic N) is 2. The minimum Gasteiger partial charge on any atom is -0.297 e. The summed E-state index contributed by atoms with van der Waals surface area (Å²) in [7, 11) is 0. The van der Waals surface area contributed by atoms with Gasteiger partial charge in [0.15, 0.2) is 5.78 Å². The average Bonchev–Trinajstić information content (AvgIpc) is 3.62. The number of hydrogen-bond donors (Lipinski definition) is 0. The van der Waals surface area contributed by atoms with E-state index in [2.05, 4.69) is 15.9 Å². The zero-order valence-corrected chi connectivity index (χ0v) is 26.3. The van der Waals surface area contributed by atoms with Crippen molar-refractivity contribution in [3.05, 3.63) is 176 Å². The monoisotopic (exact) mass is 680 g/mol. The maximum absolute atomic E-state index is 15.9. The van der Waals surface area contributed by atoms with Crippen LogP contribution in [-0.2, 0) is 25.2 Å². The Labute approximate surface area is 278 Å². The normalized spacial score (nSPS) is 24.6. The number of carbonyl (C=O) groups is 3.